The Morgan fingerprint density at radius 1 is 1.00 bits per heavy atom. The van der Waals surface area contributed by atoms with Gasteiger partial charge in [-0.25, -0.2) is 4.39 Å². The highest BCUT2D eigenvalue weighted by Crippen LogP contribution is 2.52. The summed E-state index contributed by atoms with van der Waals surface area (Å²) in [7, 11) is 0. The van der Waals surface area contributed by atoms with E-state index in [1.54, 1.807) is 12.1 Å². The number of hydrogen-bond acceptors (Lipinski definition) is 2. The van der Waals surface area contributed by atoms with Gasteiger partial charge in [-0.05, 0) is 75.8 Å². The van der Waals surface area contributed by atoms with E-state index in [0.717, 1.165) is 44.3 Å². The molecule has 3 aliphatic rings. The molecule has 1 saturated carbocycles. The van der Waals surface area contributed by atoms with Crippen molar-refractivity contribution < 1.29 is 9.18 Å². The molecule has 0 unspecified atom stereocenters. The number of likely N-dealkylation sites (tertiary alicyclic amines) is 1. The van der Waals surface area contributed by atoms with Crippen molar-refractivity contribution in [2.75, 3.05) is 11.4 Å². The van der Waals surface area contributed by atoms with Crippen molar-refractivity contribution in [1.82, 2.24) is 4.90 Å². The van der Waals surface area contributed by atoms with Crippen molar-refractivity contribution in [3.8, 4) is 0 Å². The van der Waals surface area contributed by atoms with Crippen LogP contribution in [0.25, 0.3) is 0 Å². The van der Waals surface area contributed by atoms with E-state index in [1.807, 2.05) is 30.3 Å². The summed E-state index contributed by atoms with van der Waals surface area (Å²) in [6, 6.07) is 17.7. The molecule has 4 heteroatoms. The molecule has 152 valence electrons. The van der Waals surface area contributed by atoms with Crippen molar-refractivity contribution in [2.24, 2.45) is 0 Å². The number of hydrogen-bond donors (Lipinski definition) is 0. The van der Waals surface area contributed by atoms with E-state index in [2.05, 4.69) is 35.8 Å². The maximum Gasteiger partial charge on any atom is 0.233 e. The van der Waals surface area contributed by atoms with Crippen LogP contribution in [-0.4, -0.2) is 35.0 Å². The van der Waals surface area contributed by atoms with Gasteiger partial charge in [-0.2, -0.15) is 0 Å². The van der Waals surface area contributed by atoms with Crippen molar-refractivity contribution in [3.63, 3.8) is 0 Å². The minimum Gasteiger partial charge on any atom is -0.361 e. The second-order valence-corrected chi connectivity index (χ2v) is 9.59. The number of carbonyl (C=O) groups excluding carboxylic acids is 1. The van der Waals surface area contributed by atoms with E-state index in [0.29, 0.717) is 11.9 Å². The SMILES string of the molecule is CC1(C)C[C@H]2[C@H](CCCN2C(=O)C2(c3ccccc3)CC2)N1c1ccc(F)cc1. The second-order valence-electron chi connectivity index (χ2n) is 9.59. The quantitative estimate of drug-likeness (QED) is 0.741. The fraction of sp³-hybridized carbons (Fsp3) is 0.480. The van der Waals surface area contributed by atoms with Gasteiger partial charge < -0.3 is 9.80 Å². The second kappa shape index (κ2) is 6.58. The third-order valence-electron chi connectivity index (χ3n) is 7.29. The van der Waals surface area contributed by atoms with Crippen LogP contribution >= 0.6 is 0 Å². The van der Waals surface area contributed by atoms with Crippen LogP contribution in [-0.2, 0) is 10.2 Å². The Hall–Kier alpha value is -2.36. The Kier molecular flexibility index (Phi) is 4.23. The van der Waals surface area contributed by atoms with Gasteiger partial charge >= 0.3 is 0 Å². The van der Waals surface area contributed by atoms with Gasteiger partial charge in [-0.1, -0.05) is 30.3 Å². The zero-order chi connectivity index (χ0) is 20.2. The molecule has 0 N–H and O–H groups in total. The monoisotopic (exact) mass is 392 g/mol. The van der Waals surface area contributed by atoms with Gasteiger partial charge in [-0.3, -0.25) is 4.79 Å². The number of halogens is 1. The lowest BCUT2D eigenvalue weighted by Gasteiger charge is -2.43. The first kappa shape index (κ1) is 18.7. The fourth-order valence-corrected chi connectivity index (χ4v) is 5.82. The topological polar surface area (TPSA) is 23.6 Å². The first-order chi connectivity index (χ1) is 13.9. The average molecular weight is 393 g/mol. The number of amides is 1. The highest BCUT2D eigenvalue weighted by atomic mass is 19.1. The van der Waals surface area contributed by atoms with Crippen LogP contribution in [0.2, 0.25) is 0 Å². The Labute approximate surface area is 172 Å². The average Bonchev–Trinajstić information content (AvgIpc) is 3.47. The highest BCUT2D eigenvalue weighted by molar-refractivity contribution is 5.92. The summed E-state index contributed by atoms with van der Waals surface area (Å²) in [5.74, 6) is 0.108. The number of anilines is 1. The molecule has 2 heterocycles. The Morgan fingerprint density at radius 2 is 1.69 bits per heavy atom. The fourth-order valence-electron chi connectivity index (χ4n) is 5.82. The number of nitrogens with zero attached hydrogens (tertiary/aromatic N) is 2. The van der Waals surface area contributed by atoms with Crippen molar-refractivity contribution in [3.05, 3.63) is 66.0 Å². The van der Waals surface area contributed by atoms with Gasteiger partial charge in [0.25, 0.3) is 0 Å². The van der Waals surface area contributed by atoms with Gasteiger partial charge in [0.1, 0.15) is 5.82 Å². The Morgan fingerprint density at radius 3 is 2.34 bits per heavy atom. The molecular weight excluding hydrogens is 363 g/mol. The lowest BCUT2D eigenvalue weighted by Crippen LogP contribution is -2.55. The van der Waals surface area contributed by atoms with Crippen LogP contribution < -0.4 is 4.90 Å². The third-order valence-corrected chi connectivity index (χ3v) is 7.29. The summed E-state index contributed by atoms with van der Waals surface area (Å²) in [6.07, 6.45) is 4.95. The molecule has 3 nitrogen and oxygen atoms in total. The molecular formula is C25H29FN2O. The smallest absolute Gasteiger partial charge is 0.233 e. The number of piperidine rings is 1. The first-order valence-corrected chi connectivity index (χ1v) is 10.8. The van der Waals surface area contributed by atoms with E-state index in [9.17, 15) is 9.18 Å². The van der Waals surface area contributed by atoms with E-state index in [1.165, 1.54) is 5.56 Å². The van der Waals surface area contributed by atoms with Gasteiger partial charge in [0, 0.05) is 17.8 Å². The lowest BCUT2D eigenvalue weighted by atomic mass is 9.89. The third kappa shape index (κ3) is 2.95. The molecule has 2 aromatic carbocycles. The van der Waals surface area contributed by atoms with Crippen LogP contribution in [0.1, 0.15) is 51.5 Å². The molecule has 0 bridgehead atoms. The molecule has 2 aromatic rings. The highest BCUT2D eigenvalue weighted by Gasteiger charge is 2.57. The summed E-state index contributed by atoms with van der Waals surface area (Å²) in [5, 5.41) is 0. The van der Waals surface area contributed by atoms with Crippen LogP contribution in [0, 0.1) is 5.82 Å². The summed E-state index contributed by atoms with van der Waals surface area (Å²) < 4.78 is 13.5. The maximum absolute atomic E-state index is 13.8. The summed E-state index contributed by atoms with van der Waals surface area (Å²) in [4.78, 5) is 18.4. The van der Waals surface area contributed by atoms with Gasteiger partial charge in [0.05, 0.1) is 17.5 Å². The molecule has 2 atom stereocenters. The molecule has 1 amide bonds. The predicted octanol–water partition coefficient (Wildman–Crippen LogP) is 4.91. The molecule has 29 heavy (non-hydrogen) atoms. The number of rotatable bonds is 3. The van der Waals surface area contributed by atoms with Crippen LogP contribution in [0.5, 0.6) is 0 Å². The van der Waals surface area contributed by atoms with Crippen molar-refractivity contribution in [1.29, 1.82) is 0 Å². The van der Waals surface area contributed by atoms with Gasteiger partial charge in [0.2, 0.25) is 5.91 Å². The number of benzene rings is 2. The zero-order valence-electron chi connectivity index (χ0n) is 17.3. The van der Waals surface area contributed by atoms with Crippen molar-refractivity contribution >= 4 is 11.6 Å². The van der Waals surface area contributed by atoms with E-state index < -0.39 is 0 Å². The summed E-state index contributed by atoms with van der Waals surface area (Å²) in [5.41, 5.74) is 1.85. The van der Waals surface area contributed by atoms with Crippen LogP contribution in [0.3, 0.4) is 0 Å². The molecule has 5 rings (SSSR count). The lowest BCUT2D eigenvalue weighted by molar-refractivity contribution is -0.137. The maximum atomic E-state index is 13.8. The van der Waals surface area contributed by atoms with E-state index in [-0.39, 0.29) is 22.8 Å². The van der Waals surface area contributed by atoms with Gasteiger partial charge in [-0.15, -0.1) is 0 Å². The largest absolute Gasteiger partial charge is 0.361 e. The standard InChI is InChI=1S/C25H29FN2O/c1-24(2)17-22-21(28(24)20-12-10-19(26)11-13-20)9-6-16-27(22)23(29)25(14-15-25)18-7-4-3-5-8-18/h3-5,7-8,10-13,21-22H,6,9,14-17H2,1-2H3/t21-,22-/m0/s1. The van der Waals surface area contributed by atoms with Crippen LogP contribution in [0.15, 0.2) is 54.6 Å². The molecule has 2 aliphatic heterocycles. The number of fused-ring (bicyclic) bond motifs is 1. The summed E-state index contributed by atoms with van der Waals surface area (Å²) >= 11 is 0. The Bertz CT molecular complexity index is 904. The molecule has 0 radical (unpaired) electrons. The van der Waals surface area contributed by atoms with Crippen molar-refractivity contribution in [2.45, 2.75) is 69.0 Å². The molecule has 0 aromatic heterocycles. The molecule has 1 aliphatic carbocycles. The van der Waals surface area contributed by atoms with Crippen LogP contribution in [0.4, 0.5) is 10.1 Å². The minimum absolute atomic E-state index is 0.0699. The normalized spacial score (nSPS) is 26.9. The van der Waals surface area contributed by atoms with E-state index >= 15 is 0 Å². The van der Waals surface area contributed by atoms with Gasteiger partial charge in [0.15, 0.2) is 0 Å². The molecule has 2 saturated heterocycles. The van der Waals surface area contributed by atoms with E-state index in [4.69, 9.17) is 0 Å². The summed E-state index contributed by atoms with van der Waals surface area (Å²) in [6.45, 7) is 5.35. The minimum atomic E-state index is -0.309. The zero-order valence-corrected chi connectivity index (χ0v) is 17.3. The molecule has 3 fully saturated rings. The molecule has 0 spiro atoms. The Balaban J connectivity index is 1.46. The predicted molar refractivity (Wildman–Crippen MR) is 113 cm³/mol. The first-order valence-electron chi connectivity index (χ1n) is 10.8. The number of carbonyl (C=O) groups is 1.